The van der Waals surface area contributed by atoms with E-state index in [1.165, 1.54) is 5.69 Å². The third kappa shape index (κ3) is 10.2. The van der Waals surface area contributed by atoms with Crippen molar-refractivity contribution < 1.29 is 29.6 Å². The average Bonchev–Trinajstić information content (AvgIpc) is 3.28. The lowest BCUT2D eigenvalue weighted by molar-refractivity contribution is -0.152. The lowest BCUT2D eigenvalue weighted by Gasteiger charge is -2.36. The van der Waals surface area contributed by atoms with Crippen LogP contribution in [0.15, 0.2) is 59.4 Å². The Bertz CT molecular complexity index is 1340. The second kappa shape index (κ2) is 16.5. The van der Waals surface area contributed by atoms with Crippen LogP contribution in [0.1, 0.15) is 25.6 Å². The molecular formula is C29H38ClN5O7. The smallest absolute Gasteiger partial charge is 0.346 e. The molecule has 228 valence electrons. The number of para-hydroxylation sites is 1. The number of aliphatic hydroxyl groups is 1. The first-order chi connectivity index (χ1) is 20.2. The van der Waals surface area contributed by atoms with Crippen molar-refractivity contribution in [2.75, 3.05) is 44.2 Å². The number of aryl methyl sites for hydroxylation is 2. The molecule has 3 aromatic rings. The molecule has 2 heterocycles. The van der Waals surface area contributed by atoms with Crippen LogP contribution in [-0.2, 0) is 29.1 Å². The van der Waals surface area contributed by atoms with Gasteiger partial charge >= 0.3 is 17.6 Å². The summed E-state index contributed by atoms with van der Waals surface area (Å²) in [6.07, 6.45) is -0.922. The number of ether oxygens (including phenoxy) is 1. The number of carboxylic acids is 2. The first-order valence-corrected chi connectivity index (χ1v) is 14.3. The predicted molar refractivity (Wildman–Crippen MR) is 158 cm³/mol. The zero-order valence-electron chi connectivity index (χ0n) is 23.6. The molecule has 1 aromatic heterocycles. The van der Waals surface area contributed by atoms with Crippen LogP contribution in [0.2, 0.25) is 5.02 Å². The number of carboxylic acid groups (broad SMARTS) is 2. The second-order valence-corrected chi connectivity index (χ2v) is 10.1. The van der Waals surface area contributed by atoms with Gasteiger partial charge < -0.3 is 25.0 Å². The predicted octanol–water partition coefficient (Wildman–Crippen LogP) is 2.46. The Morgan fingerprint density at radius 3 is 2.31 bits per heavy atom. The summed E-state index contributed by atoms with van der Waals surface area (Å²) in [6, 6.07) is 17.7. The minimum atomic E-state index is -1.79. The van der Waals surface area contributed by atoms with Crippen LogP contribution in [0.4, 0.5) is 5.69 Å². The summed E-state index contributed by atoms with van der Waals surface area (Å²) in [5.41, 5.74) is 1.14. The highest BCUT2D eigenvalue weighted by Gasteiger charge is 2.18. The molecule has 0 amide bonds. The maximum absolute atomic E-state index is 12.9. The highest BCUT2D eigenvalue weighted by molar-refractivity contribution is 6.30. The molecule has 1 aliphatic rings. The molecule has 2 aromatic carbocycles. The number of nitrogens with zero attached hydrogens (tertiary/aromatic N) is 5. The number of hydrogen-bond donors (Lipinski definition) is 3. The quantitative estimate of drug-likeness (QED) is 0.266. The molecule has 1 unspecified atom stereocenters. The monoisotopic (exact) mass is 603 g/mol. The zero-order chi connectivity index (χ0) is 30.5. The highest BCUT2D eigenvalue weighted by atomic mass is 35.5. The van der Waals surface area contributed by atoms with E-state index in [-0.39, 0.29) is 5.69 Å². The van der Waals surface area contributed by atoms with E-state index >= 15 is 0 Å². The molecule has 4 rings (SSSR count). The van der Waals surface area contributed by atoms with E-state index in [0.29, 0.717) is 19.7 Å². The maximum atomic E-state index is 12.9. The van der Waals surface area contributed by atoms with Gasteiger partial charge in [-0.05, 0) is 36.8 Å². The molecule has 0 spiro atoms. The summed E-state index contributed by atoms with van der Waals surface area (Å²) in [4.78, 5) is 37.1. The molecule has 1 saturated heterocycles. The first kappa shape index (κ1) is 32.6. The second-order valence-electron chi connectivity index (χ2n) is 9.70. The normalized spacial score (nSPS) is 14.1. The Hall–Kier alpha value is -3.87. The van der Waals surface area contributed by atoms with E-state index in [9.17, 15) is 14.4 Å². The lowest BCUT2D eigenvalue weighted by Crippen LogP contribution is -2.46. The topological polar surface area (TPSA) is 150 Å². The van der Waals surface area contributed by atoms with Gasteiger partial charge in [0.05, 0.1) is 13.0 Å². The van der Waals surface area contributed by atoms with Crippen LogP contribution < -0.4 is 15.3 Å². The molecular weight excluding hydrogens is 566 g/mol. The van der Waals surface area contributed by atoms with Gasteiger partial charge in [-0.15, -0.1) is 0 Å². The van der Waals surface area contributed by atoms with Gasteiger partial charge in [-0.2, -0.15) is 5.10 Å². The standard InChI is InChI=1S/C25H32ClN5O2.C4H6O5/c1-2-24-27-31(25(32)30(24)18-19-33-23-10-4-3-5-11-23)13-7-12-28-14-16-29(17-15-28)22-9-6-8-21(26)20-22;5-2(4(8)9)1-3(6)7/h3-6,8-11,20H,2,7,12-19H2,1H3;2,5H,1H2,(H,6,7)(H,8,9). The molecule has 42 heavy (non-hydrogen) atoms. The van der Waals surface area contributed by atoms with Crippen molar-refractivity contribution in [3.05, 3.63) is 75.9 Å². The van der Waals surface area contributed by atoms with E-state index < -0.39 is 24.5 Å². The van der Waals surface area contributed by atoms with Crippen LogP contribution in [-0.4, -0.2) is 91.9 Å². The molecule has 0 bridgehead atoms. The first-order valence-electron chi connectivity index (χ1n) is 13.9. The Morgan fingerprint density at radius 1 is 1.00 bits per heavy atom. The largest absolute Gasteiger partial charge is 0.492 e. The van der Waals surface area contributed by atoms with Crippen LogP contribution in [0.3, 0.4) is 0 Å². The fourth-order valence-corrected chi connectivity index (χ4v) is 4.67. The van der Waals surface area contributed by atoms with Gasteiger partial charge in [0.15, 0.2) is 6.10 Å². The summed E-state index contributed by atoms with van der Waals surface area (Å²) in [5, 5.41) is 29.5. The van der Waals surface area contributed by atoms with Crippen molar-refractivity contribution in [3.63, 3.8) is 0 Å². The van der Waals surface area contributed by atoms with E-state index in [1.54, 1.807) is 9.25 Å². The average molecular weight is 604 g/mol. The summed E-state index contributed by atoms with van der Waals surface area (Å²) < 4.78 is 9.12. The Labute approximate surface area is 249 Å². The fourth-order valence-electron chi connectivity index (χ4n) is 4.49. The van der Waals surface area contributed by atoms with Gasteiger partial charge in [0, 0.05) is 56.4 Å². The minimum Gasteiger partial charge on any atom is -0.492 e. The van der Waals surface area contributed by atoms with Gasteiger partial charge in [-0.3, -0.25) is 14.3 Å². The van der Waals surface area contributed by atoms with E-state index in [2.05, 4.69) is 21.0 Å². The molecule has 3 N–H and O–H groups in total. The zero-order valence-corrected chi connectivity index (χ0v) is 24.4. The third-order valence-corrected chi connectivity index (χ3v) is 6.92. The number of halogens is 1. The summed E-state index contributed by atoms with van der Waals surface area (Å²) >= 11 is 6.13. The van der Waals surface area contributed by atoms with Crippen molar-refractivity contribution in [1.29, 1.82) is 0 Å². The summed E-state index contributed by atoms with van der Waals surface area (Å²) in [7, 11) is 0. The molecule has 13 heteroatoms. The number of benzene rings is 2. The van der Waals surface area contributed by atoms with E-state index in [0.717, 1.165) is 62.2 Å². The number of anilines is 1. The number of aliphatic hydroxyl groups excluding tert-OH is 1. The fraction of sp³-hybridized carbons (Fsp3) is 0.448. The highest BCUT2D eigenvalue weighted by Crippen LogP contribution is 2.20. The minimum absolute atomic E-state index is 0.0470. The molecule has 1 atom stereocenters. The molecule has 0 radical (unpaired) electrons. The summed E-state index contributed by atoms with van der Waals surface area (Å²) in [6.45, 7) is 8.54. The van der Waals surface area contributed by atoms with Gasteiger partial charge in [0.25, 0.3) is 0 Å². The molecule has 1 fully saturated rings. The van der Waals surface area contributed by atoms with Gasteiger partial charge in [0.1, 0.15) is 18.2 Å². The molecule has 1 aliphatic heterocycles. The number of hydrogen-bond acceptors (Lipinski definition) is 8. The van der Waals surface area contributed by atoms with Crippen LogP contribution in [0.5, 0.6) is 5.75 Å². The van der Waals surface area contributed by atoms with Crippen LogP contribution >= 0.6 is 11.6 Å². The Balaban J connectivity index is 0.000000467. The lowest BCUT2D eigenvalue weighted by atomic mass is 10.2. The van der Waals surface area contributed by atoms with Gasteiger partial charge in [-0.1, -0.05) is 42.8 Å². The van der Waals surface area contributed by atoms with Gasteiger partial charge in [-0.25, -0.2) is 14.3 Å². The van der Waals surface area contributed by atoms with Crippen molar-refractivity contribution in [2.45, 2.75) is 45.4 Å². The Morgan fingerprint density at radius 2 is 1.71 bits per heavy atom. The van der Waals surface area contributed by atoms with Crippen LogP contribution in [0, 0.1) is 0 Å². The number of piperazine rings is 1. The number of aliphatic carboxylic acids is 2. The van der Waals surface area contributed by atoms with Crippen molar-refractivity contribution in [1.82, 2.24) is 19.2 Å². The van der Waals surface area contributed by atoms with Crippen molar-refractivity contribution in [2.24, 2.45) is 0 Å². The number of rotatable bonds is 13. The van der Waals surface area contributed by atoms with Gasteiger partial charge in [0.2, 0.25) is 0 Å². The van der Waals surface area contributed by atoms with Crippen molar-refractivity contribution >= 4 is 29.2 Å². The Kier molecular flexibility index (Phi) is 12.9. The molecule has 0 saturated carbocycles. The SMILES string of the molecule is CCc1nn(CCCN2CCN(c3cccc(Cl)c3)CC2)c(=O)n1CCOc1ccccc1.O=C(O)CC(O)C(=O)O. The number of carbonyl (C=O) groups is 2. The maximum Gasteiger partial charge on any atom is 0.346 e. The molecule has 0 aliphatic carbocycles. The third-order valence-electron chi connectivity index (χ3n) is 6.69. The molecule has 12 nitrogen and oxygen atoms in total. The number of aromatic nitrogens is 3. The van der Waals surface area contributed by atoms with E-state index in [4.69, 9.17) is 31.7 Å². The van der Waals surface area contributed by atoms with Crippen molar-refractivity contribution in [3.8, 4) is 5.75 Å². The van der Waals surface area contributed by atoms with E-state index in [1.807, 2.05) is 55.5 Å². The van der Waals surface area contributed by atoms with Crippen LogP contribution in [0.25, 0.3) is 0 Å². The summed E-state index contributed by atoms with van der Waals surface area (Å²) in [5.74, 6) is -1.22.